The van der Waals surface area contributed by atoms with Crippen molar-refractivity contribution in [1.29, 1.82) is 0 Å². The van der Waals surface area contributed by atoms with Gasteiger partial charge in [-0.05, 0) is 25.3 Å². The molecule has 2 nitrogen and oxygen atoms in total. The summed E-state index contributed by atoms with van der Waals surface area (Å²) in [5.74, 6) is 0. The fourth-order valence-corrected chi connectivity index (χ4v) is 2.68. The van der Waals surface area contributed by atoms with Gasteiger partial charge in [0.15, 0.2) is 0 Å². The fourth-order valence-electron chi connectivity index (χ4n) is 2.68. The molecule has 0 radical (unpaired) electrons. The molecule has 100 valence electrons. The van der Waals surface area contributed by atoms with Gasteiger partial charge in [0.2, 0.25) is 0 Å². The average Bonchev–Trinajstić information content (AvgIpc) is 2.28. The molecule has 1 unspecified atom stereocenters. The van der Waals surface area contributed by atoms with Gasteiger partial charge in [0, 0.05) is 25.7 Å². The van der Waals surface area contributed by atoms with Gasteiger partial charge in [0.05, 0.1) is 0 Å². The minimum Gasteiger partial charge on any atom is -0.318 e. The molecular formula is C15H30N2. The number of hydrogen-bond acceptors (Lipinski definition) is 2. The van der Waals surface area contributed by atoms with E-state index in [0.29, 0.717) is 11.5 Å². The third-order valence-corrected chi connectivity index (χ3v) is 3.78. The number of nitrogens with zero attached hydrogens (tertiary/aromatic N) is 1. The van der Waals surface area contributed by atoms with Crippen LogP contribution in [0.3, 0.4) is 0 Å². The maximum absolute atomic E-state index is 3.33. The summed E-state index contributed by atoms with van der Waals surface area (Å²) in [6.07, 6.45) is 6.29. The van der Waals surface area contributed by atoms with E-state index in [2.05, 4.69) is 51.0 Å². The van der Waals surface area contributed by atoms with Crippen LogP contribution in [0.2, 0.25) is 0 Å². The fraction of sp³-hybridized carbons (Fsp3) is 0.867. The first-order valence-electron chi connectivity index (χ1n) is 7.07. The van der Waals surface area contributed by atoms with Gasteiger partial charge in [0.1, 0.15) is 0 Å². The lowest BCUT2D eigenvalue weighted by atomic mass is 9.82. The van der Waals surface area contributed by atoms with E-state index < -0.39 is 0 Å². The van der Waals surface area contributed by atoms with Crippen molar-refractivity contribution in [3.05, 3.63) is 11.6 Å². The normalized spacial score (nSPS) is 20.2. The van der Waals surface area contributed by atoms with Gasteiger partial charge in [-0.3, -0.25) is 4.90 Å². The predicted molar refractivity (Wildman–Crippen MR) is 76.4 cm³/mol. The van der Waals surface area contributed by atoms with Crippen LogP contribution >= 0.6 is 0 Å². The number of likely N-dealkylation sites (N-methyl/N-ethyl adjacent to an activating group) is 1. The Morgan fingerprint density at radius 2 is 2.12 bits per heavy atom. The van der Waals surface area contributed by atoms with Gasteiger partial charge in [-0.15, -0.1) is 0 Å². The summed E-state index contributed by atoms with van der Waals surface area (Å²) in [4.78, 5) is 2.63. The van der Waals surface area contributed by atoms with Crippen LogP contribution in [0.1, 0.15) is 47.0 Å². The molecule has 0 aromatic carbocycles. The molecule has 17 heavy (non-hydrogen) atoms. The second-order valence-corrected chi connectivity index (χ2v) is 6.22. The summed E-state index contributed by atoms with van der Waals surface area (Å²) in [6, 6.07) is 0.711. The first-order chi connectivity index (χ1) is 7.99. The topological polar surface area (TPSA) is 15.3 Å². The SMILES string of the molecule is CCCC(CNC)N1CC=C(C(C)(C)C)CC1. The summed E-state index contributed by atoms with van der Waals surface area (Å²) in [7, 11) is 2.06. The van der Waals surface area contributed by atoms with Gasteiger partial charge >= 0.3 is 0 Å². The molecule has 0 amide bonds. The maximum atomic E-state index is 3.33. The van der Waals surface area contributed by atoms with E-state index in [1.54, 1.807) is 5.57 Å². The van der Waals surface area contributed by atoms with Crippen LogP contribution in [0.25, 0.3) is 0 Å². The molecule has 1 N–H and O–H groups in total. The van der Waals surface area contributed by atoms with Crippen molar-refractivity contribution in [2.75, 3.05) is 26.7 Å². The molecule has 0 aromatic rings. The van der Waals surface area contributed by atoms with Crippen LogP contribution in [0.4, 0.5) is 0 Å². The lowest BCUT2D eigenvalue weighted by molar-refractivity contribution is 0.190. The van der Waals surface area contributed by atoms with Gasteiger partial charge in [-0.1, -0.05) is 45.8 Å². The van der Waals surface area contributed by atoms with E-state index in [1.165, 1.54) is 25.8 Å². The monoisotopic (exact) mass is 238 g/mol. The lowest BCUT2D eigenvalue weighted by Crippen LogP contribution is -2.44. The molecule has 0 aromatic heterocycles. The predicted octanol–water partition coefficient (Wildman–Crippen LogP) is 3.05. The van der Waals surface area contributed by atoms with Crippen molar-refractivity contribution in [2.24, 2.45) is 5.41 Å². The molecule has 0 saturated carbocycles. The smallest absolute Gasteiger partial charge is 0.0223 e. The summed E-state index contributed by atoms with van der Waals surface area (Å²) in [6.45, 7) is 12.7. The Morgan fingerprint density at radius 1 is 1.41 bits per heavy atom. The quantitative estimate of drug-likeness (QED) is 0.741. The van der Waals surface area contributed by atoms with Crippen molar-refractivity contribution in [1.82, 2.24) is 10.2 Å². The third-order valence-electron chi connectivity index (χ3n) is 3.78. The van der Waals surface area contributed by atoms with Gasteiger partial charge in [-0.2, -0.15) is 0 Å². The molecule has 1 rings (SSSR count). The Bertz CT molecular complexity index is 244. The molecule has 1 heterocycles. The summed E-state index contributed by atoms with van der Waals surface area (Å²) < 4.78 is 0. The Kier molecular flexibility index (Phi) is 5.68. The molecular weight excluding hydrogens is 208 g/mol. The highest BCUT2D eigenvalue weighted by molar-refractivity contribution is 5.14. The second kappa shape index (κ2) is 6.55. The standard InChI is InChI=1S/C15H30N2/c1-6-7-14(12-16-5)17-10-8-13(9-11-17)15(2,3)4/h8,14,16H,6-7,9-12H2,1-5H3. The summed E-state index contributed by atoms with van der Waals surface area (Å²) in [5.41, 5.74) is 1.99. The van der Waals surface area contributed by atoms with Gasteiger partial charge in [0.25, 0.3) is 0 Å². The molecule has 1 aliphatic heterocycles. The third kappa shape index (κ3) is 4.44. The number of rotatable bonds is 5. The van der Waals surface area contributed by atoms with E-state index in [4.69, 9.17) is 0 Å². The van der Waals surface area contributed by atoms with E-state index in [9.17, 15) is 0 Å². The van der Waals surface area contributed by atoms with Crippen LogP contribution in [0.5, 0.6) is 0 Å². The van der Waals surface area contributed by atoms with Gasteiger partial charge < -0.3 is 5.32 Å². The van der Waals surface area contributed by atoms with Crippen LogP contribution in [-0.2, 0) is 0 Å². The zero-order valence-corrected chi connectivity index (χ0v) is 12.3. The van der Waals surface area contributed by atoms with E-state index >= 15 is 0 Å². The van der Waals surface area contributed by atoms with Crippen LogP contribution in [0, 0.1) is 5.41 Å². The first kappa shape index (κ1) is 14.7. The van der Waals surface area contributed by atoms with E-state index in [1.807, 2.05) is 0 Å². The molecule has 0 spiro atoms. The van der Waals surface area contributed by atoms with Crippen molar-refractivity contribution in [3.8, 4) is 0 Å². The summed E-state index contributed by atoms with van der Waals surface area (Å²) >= 11 is 0. The highest BCUT2D eigenvalue weighted by Gasteiger charge is 2.24. The molecule has 1 atom stereocenters. The summed E-state index contributed by atoms with van der Waals surface area (Å²) in [5, 5.41) is 3.33. The average molecular weight is 238 g/mol. The van der Waals surface area contributed by atoms with Crippen LogP contribution < -0.4 is 5.32 Å². The minimum atomic E-state index is 0.356. The Hall–Kier alpha value is -0.340. The molecule has 0 fully saturated rings. The maximum Gasteiger partial charge on any atom is 0.0223 e. The zero-order chi connectivity index (χ0) is 12.9. The van der Waals surface area contributed by atoms with E-state index in [-0.39, 0.29) is 0 Å². The number of nitrogens with one attached hydrogen (secondary N) is 1. The molecule has 0 bridgehead atoms. The Morgan fingerprint density at radius 3 is 2.53 bits per heavy atom. The largest absolute Gasteiger partial charge is 0.318 e. The van der Waals surface area contributed by atoms with Crippen molar-refractivity contribution in [2.45, 2.75) is 53.0 Å². The van der Waals surface area contributed by atoms with Crippen molar-refractivity contribution < 1.29 is 0 Å². The lowest BCUT2D eigenvalue weighted by Gasteiger charge is -2.37. The van der Waals surface area contributed by atoms with Crippen molar-refractivity contribution in [3.63, 3.8) is 0 Å². The van der Waals surface area contributed by atoms with Crippen molar-refractivity contribution >= 4 is 0 Å². The number of hydrogen-bond donors (Lipinski definition) is 1. The zero-order valence-electron chi connectivity index (χ0n) is 12.3. The van der Waals surface area contributed by atoms with E-state index in [0.717, 1.165) is 13.1 Å². The molecule has 2 heteroatoms. The first-order valence-corrected chi connectivity index (χ1v) is 7.07. The second-order valence-electron chi connectivity index (χ2n) is 6.22. The van der Waals surface area contributed by atoms with Crippen LogP contribution in [0.15, 0.2) is 11.6 Å². The Labute approximate surface area is 107 Å². The van der Waals surface area contributed by atoms with Crippen LogP contribution in [-0.4, -0.2) is 37.6 Å². The minimum absolute atomic E-state index is 0.356. The molecule has 0 aliphatic carbocycles. The van der Waals surface area contributed by atoms with Gasteiger partial charge in [-0.25, -0.2) is 0 Å². The Balaban J connectivity index is 2.57. The highest BCUT2D eigenvalue weighted by atomic mass is 15.2. The molecule has 1 aliphatic rings. The molecule has 0 saturated heterocycles. The highest BCUT2D eigenvalue weighted by Crippen LogP contribution is 2.30.